The summed E-state index contributed by atoms with van der Waals surface area (Å²) in [5.74, 6) is 1.18. The summed E-state index contributed by atoms with van der Waals surface area (Å²) >= 11 is 0. The van der Waals surface area contributed by atoms with Gasteiger partial charge in [0.25, 0.3) is 0 Å². The normalized spacial score (nSPS) is 16.3. The molecule has 4 aromatic rings. The highest BCUT2D eigenvalue weighted by Crippen LogP contribution is 2.36. The summed E-state index contributed by atoms with van der Waals surface area (Å²) in [4.78, 5) is 42.5. The van der Waals surface area contributed by atoms with E-state index in [9.17, 15) is 9.59 Å². The van der Waals surface area contributed by atoms with Crippen molar-refractivity contribution in [1.82, 2.24) is 25.0 Å². The van der Waals surface area contributed by atoms with Crippen LogP contribution in [0.25, 0.3) is 22.0 Å². The number of para-hydroxylation sites is 1. The largest absolute Gasteiger partial charge is 0.481 e. The molecule has 11 nitrogen and oxygen atoms in total. The Morgan fingerprint density at radius 2 is 1.93 bits per heavy atom. The van der Waals surface area contributed by atoms with E-state index in [-0.39, 0.29) is 30.5 Å². The monoisotopic (exact) mass is 573 g/mol. The van der Waals surface area contributed by atoms with E-state index in [1.54, 1.807) is 18.5 Å². The highest BCUT2D eigenvalue weighted by atomic mass is 19.1. The maximum atomic E-state index is 15.4. The summed E-state index contributed by atoms with van der Waals surface area (Å²) in [6, 6.07) is 10.2. The Morgan fingerprint density at radius 1 is 1.12 bits per heavy atom. The summed E-state index contributed by atoms with van der Waals surface area (Å²) in [5, 5.41) is 14.0. The number of urea groups is 1. The molecule has 2 saturated heterocycles. The van der Waals surface area contributed by atoms with Gasteiger partial charge in [0.1, 0.15) is 18.0 Å². The zero-order valence-corrected chi connectivity index (χ0v) is 23.5. The third-order valence-corrected chi connectivity index (χ3v) is 7.99. The van der Waals surface area contributed by atoms with Crippen molar-refractivity contribution in [1.29, 1.82) is 0 Å². The first-order valence-electron chi connectivity index (χ1n) is 14.2. The van der Waals surface area contributed by atoms with Crippen LogP contribution in [-0.2, 0) is 4.79 Å². The first-order valence-corrected chi connectivity index (χ1v) is 14.2. The second kappa shape index (κ2) is 11.3. The van der Waals surface area contributed by atoms with Crippen LogP contribution in [0.3, 0.4) is 0 Å². The third kappa shape index (κ3) is 5.24. The number of carboxylic acids is 1. The summed E-state index contributed by atoms with van der Waals surface area (Å²) < 4.78 is 20.8. The van der Waals surface area contributed by atoms with Crippen LogP contribution in [-0.4, -0.2) is 74.8 Å². The molecule has 0 atom stereocenters. The SMILES string of the molecule is CC(C)c1nc(C2CCN(c3ncnc4c(-c5ccc(N6CCN(CCC(=O)O)C6=O)c(F)c5)cccc34)CC2)no1. The molecule has 0 aliphatic carbocycles. The Bertz CT molecular complexity index is 1630. The molecule has 0 bridgehead atoms. The van der Waals surface area contributed by atoms with Gasteiger partial charge in [-0.1, -0.05) is 37.2 Å². The molecule has 12 heteroatoms. The predicted molar refractivity (Wildman–Crippen MR) is 154 cm³/mol. The lowest BCUT2D eigenvalue weighted by molar-refractivity contribution is -0.137. The van der Waals surface area contributed by atoms with Crippen molar-refractivity contribution in [3.8, 4) is 11.1 Å². The van der Waals surface area contributed by atoms with Crippen molar-refractivity contribution >= 4 is 34.4 Å². The third-order valence-electron chi connectivity index (χ3n) is 7.99. The molecular weight excluding hydrogens is 541 g/mol. The van der Waals surface area contributed by atoms with E-state index in [0.717, 1.165) is 48.5 Å². The van der Waals surface area contributed by atoms with Crippen molar-refractivity contribution in [3.63, 3.8) is 0 Å². The minimum absolute atomic E-state index is 0.0935. The molecule has 2 aliphatic heterocycles. The van der Waals surface area contributed by atoms with E-state index in [4.69, 9.17) is 9.63 Å². The molecule has 0 radical (unpaired) electrons. The lowest BCUT2D eigenvalue weighted by atomic mass is 9.95. The number of carbonyl (C=O) groups excluding carboxylic acids is 1. The first kappa shape index (κ1) is 27.6. The van der Waals surface area contributed by atoms with Gasteiger partial charge in [0.05, 0.1) is 17.6 Å². The van der Waals surface area contributed by atoms with Crippen LogP contribution >= 0.6 is 0 Å². The smallest absolute Gasteiger partial charge is 0.324 e. The molecule has 0 unspecified atom stereocenters. The fourth-order valence-electron chi connectivity index (χ4n) is 5.69. The number of halogens is 1. The van der Waals surface area contributed by atoms with Crippen LogP contribution in [0.1, 0.15) is 56.7 Å². The molecule has 4 heterocycles. The molecule has 0 spiro atoms. The number of anilines is 2. The lowest BCUT2D eigenvalue weighted by Crippen LogP contribution is -2.34. The molecule has 2 aromatic heterocycles. The quantitative estimate of drug-likeness (QED) is 0.308. The van der Waals surface area contributed by atoms with Gasteiger partial charge in [-0.15, -0.1) is 0 Å². The topological polar surface area (TPSA) is 129 Å². The molecule has 218 valence electrons. The summed E-state index contributed by atoms with van der Waals surface area (Å²) in [7, 11) is 0. The highest BCUT2D eigenvalue weighted by molar-refractivity contribution is 6.00. The summed E-state index contributed by atoms with van der Waals surface area (Å²) in [6.07, 6.45) is 3.14. The van der Waals surface area contributed by atoms with Gasteiger partial charge in [-0.2, -0.15) is 4.98 Å². The standard InChI is InChI=1S/C30H32FN7O4/c1-18(2)29-34-27(35-42-29)19-8-11-36(12-9-19)28-22-5-3-4-21(26(22)32-17-33-28)20-6-7-24(23(31)16-20)38-15-14-37(30(38)41)13-10-25(39)40/h3-7,16-19H,8-15H2,1-2H3,(H,39,40). The number of nitrogens with zero attached hydrogens (tertiary/aromatic N) is 7. The Hall–Kier alpha value is -4.61. The number of carbonyl (C=O) groups is 2. The van der Waals surface area contributed by atoms with Crippen LogP contribution in [0, 0.1) is 5.82 Å². The van der Waals surface area contributed by atoms with Crippen LogP contribution < -0.4 is 9.80 Å². The highest BCUT2D eigenvalue weighted by Gasteiger charge is 2.32. The molecule has 2 aliphatic rings. The zero-order valence-electron chi connectivity index (χ0n) is 23.5. The Balaban J connectivity index is 1.21. The number of hydrogen-bond donors (Lipinski definition) is 1. The average molecular weight is 574 g/mol. The van der Waals surface area contributed by atoms with Gasteiger partial charge in [-0.05, 0) is 36.6 Å². The fourth-order valence-corrected chi connectivity index (χ4v) is 5.69. The number of fused-ring (bicyclic) bond motifs is 1. The maximum absolute atomic E-state index is 15.4. The molecular formula is C30H32FN7O4. The molecule has 42 heavy (non-hydrogen) atoms. The van der Waals surface area contributed by atoms with E-state index in [1.807, 2.05) is 32.0 Å². The van der Waals surface area contributed by atoms with Crippen molar-refractivity contribution in [2.75, 3.05) is 42.5 Å². The van der Waals surface area contributed by atoms with Gasteiger partial charge in [0.2, 0.25) is 5.89 Å². The number of rotatable bonds is 8. The van der Waals surface area contributed by atoms with E-state index in [2.05, 4.69) is 25.0 Å². The van der Waals surface area contributed by atoms with Crippen LogP contribution in [0.2, 0.25) is 0 Å². The first-order chi connectivity index (χ1) is 20.3. The van der Waals surface area contributed by atoms with Gasteiger partial charge in [0.15, 0.2) is 5.82 Å². The minimum atomic E-state index is -0.979. The van der Waals surface area contributed by atoms with E-state index in [1.165, 1.54) is 15.9 Å². The molecule has 2 aromatic carbocycles. The molecule has 2 fully saturated rings. The van der Waals surface area contributed by atoms with E-state index >= 15 is 4.39 Å². The molecule has 0 saturated carbocycles. The average Bonchev–Trinajstić information content (AvgIpc) is 3.63. The lowest BCUT2D eigenvalue weighted by Gasteiger charge is -2.32. The Labute approximate surface area is 242 Å². The molecule has 1 N–H and O–H groups in total. The van der Waals surface area contributed by atoms with Crippen molar-refractivity contribution < 1.29 is 23.6 Å². The Morgan fingerprint density at radius 3 is 2.64 bits per heavy atom. The second-order valence-electron chi connectivity index (χ2n) is 11.0. The summed E-state index contributed by atoms with van der Waals surface area (Å²) in [5.41, 5.74) is 2.29. The number of benzene rings is 2. The number of piperidine rings is 1. The van der Waals surface area contributed by atoms with E-state index < -0.39 is 17.8 Å². The van der Waals surface area contributed by atoms with Crippen molar-refractivity contribution in [2.45, 2.75) is 44.9 Å². The number of amides is 2. The van der Waals surface area contributed by atoms with E-state index in [0.29, 0.717) is 30.1 Å². The van der Waals surface area contributed by atoms with Gasteiger partial charge in [0, 0.05) is 55.5 Å². The predicted octanol–water partition coefficient (Wildman–Crippen LogP) is 5.04. The maximum Gasteiger partial charge on any atom is 0.324 e. The minimum Gasteiger partial charge on any atom is -0.481 e. The summed E-state index contributed by atoms with van der Waals surface area (Å²) in [6.45, 7) is 6.36. The molecule has 6 rings (SSSR count). The molecule has 2 amide bonds. The number of hydrogen-bond acceptors (Lipinski definition) is 8. The van der Waals surface area contributed by atoms with Crippen LogP contribution in [0.5, 0.6) is 0 Å². The Kier molecular flexibility index (Phi) is 7.44. The number of aromatic nitrogens is 4. The van der Waals surface area contributed by atoms with Gasteiger partial charge >= 0.3 is 12.0 Å². The fraction of sp³-hybridized carbons (Fsp3) is 0.400. The second-order valence-corrected chi connectivity index (χ2v) is 11.0. The number of aliphatic carboxylic acids is 1. The van der Waals surface area contributed by atoms with Gasteiger partial charge < -0.3 is 19.4 Å². The van der Waals surface area contributed by atoms with Crippen molar-refractivity contribution in [3.05, 3.63) is 60.3 Å². The number of carboxylic acid groups (broad SMARTS) is 1. The van der Waals surface area contributed by atoms with Gasteiger partial charge in [-0.3, -0.25) is 9.69 Å². The zero-order chi connectivity index (χ0) is 29.4. The van der Waals surface area contributed by atoms with Crippen LogP contribution in [0.4, 0.5) is 20.7 Å². The van der Waals surface area contributed by atoms with Crippen LogP contribution in [0.15, 0.2) is 47.2 Å². The van der Waals surface area contributed by atoms with Crippen molar-refractivity contribution in [2.24, 2.45) is 0 Å². The van der Waals surface area contributed by atoms with Gasteiger partial charge in [-0.25, -0.2) is 19.2 Å².